The zero-order valence-electron chi connectivity index (χ0n) is 12.3. The van der Waals surface area contributed by atoms with E-state index in [9.17, 15) is 4.79 Å². The van der Waals surface area contributed by atoms with E-state index in [0.29, 0.717) is 6.54 Å². The number of carbonyl (C=O) groups excluding carboxylic acids is 1. The van der Waals surface area contributed by atoms with Crippen molar-refractivity contribution in [3.05, 3.63) is 24.3 Å². The predicted octanol–water partition coefficient (Wildman–Crippen LogP) is 2.62. The van der Waals surface area contributed by atoms with Gasteiger partial charge in [0.2, 0.25) is 5.91 Å². The van der Waals surface area contributed by atoms with Gasteiger partial charge in [-0.1, -0.05) is 6.92 Å². The molecular weight excluding hydrogens is 250 g/mol. The monoisotopic (exact) mass is 275 g/mol. The van der Waals surface area contributed by atoms with Crippen LogP contribution in [0.15, 0.2) is 24.3 Å². The Hall–Kier alpha value is -1.55. The molecule has 110 valence electrons. The van der Waals surface area contributed by atoms with Crippen LogP contribution < -0.4 is 15.5 Å². The Balaban J connectivity index is 1.83. The van der Waals surface area contributed by atoms with E-state index in [1.54, 1.807) is 0 Å². The molecule has 0 saturated carbocycles. The van der Waals surface area contributed by atoms with Gasteiger partial charge < -0.3 is 15.5 Å². The molecule has 4 nitrogen and oxygen atoms in total. The van der Waals surface area contributed by atoms with Gasteiger partial charge in [0.15, 0.2) is 0 Å². The van der Waals surface area contributed by atoms with Gasteiger partial charge in [-0.15, -0.1) is 0 Å². The van der Waals surface area contributed by atoms with Crippen LogP contribution in [0.3, 0.4) is 0 Å². The maximum Gasteiger partial charge on any atom is 0.238 e. The number of rotatable bonds is 6. The van der Waals surface area contributed by atoms with Crippen molar-refractivity contribution in [2.75, 3.05) is 36.4 Å². The van der Waals surface area contributed by atoms with Crippen molar-refractivity contribution in [1.82, 2.24) is 5.32 Å². The van der Waals surface area contributed by atoms with Crippen molar-refractivity contribution >= 4 is 17.3 Å². The molecule has 2 N–H and O–H groups in total. The smallest absolute Gasteiger partial charge is 0.238 e. The molecule has 0 bridgehead atoms. The number of hydrogen-bond donors (Lipinski definition) is 2. The molecular formula is C16H25N3O. The van der Waals surface area contributed by atoms with Crippen LogP contribution in [-0.4, -0.2) is 32.1 Å². The van der Waals surface area contributed by atoms with Crippen LogP contribution in [0.25, 0.3) is 0 Å². The summed E-state index contributed by atoms with van der Waals surface area (Å²) in [5.74, 6) is 0.0178. The molecule has 0 aliphatic carbocycles. The summed E-state index contributed by atoms with van der Waals surface area (Å²) >= 11 is 0. The zero-order chi connectivity index (χ0) is 14.2. The van der Waals surface area contributed by atoms with E-state index in [2.05, 4.69) is 34.6 Å². The third-order valence-electron chi connectivity index (χ3n) is 3.58. The van der Waals surface area contributed by atoms with Gasteiger partial charge in [0.25, 0.3) is 0 Å². The van der Waals surface area contributed by atoms with Gasteiger partial charge in [0.05, 0.1) is 6.54 Å². The highest BCUT2D eigenvalue weighted by Gasteiger charge is 2.10. The molecule has 1 aliphatic heterocycles. The van der Waals surface area contributed by atoms with Crippen LogP contribution in [0, 0.1) is 0 Å². The highest BCUT2D eigenvalue weighted by molar-refractivity contribution is 5.92. The maximum atomic E-state index is 11.7. The van der Waals surface area contributed by atoms with Gasteiger partial charge in [-0.05, 0) is 56.5 Å². The molecule has 2 rings (SSSR count). The molecule has 1 fully saturated rings. The fourth-order valence-electron chi connectivity index (χ4n) is 2.49. The van der Waals surface area contributed by atoms with Crippen molar-refractivity contribution < 1.29 is 4.79 Å². The molecule has 0 radical (unpaired) electrons. The Morgan fingerprint density at radius 1 is 1.15 bits per heavy atom. The van der Waals surface area contributed by atoms with Gasteiger partial charge in [-0.2, -0.15) is 0 Å². The van der Waals surface area contributed by atoms with Crippen LogP contribution in [-0.2, 0) is 4.79 Å². The molecule has 20 heavy (non-hydrogen) atoms. The lowest BCUT2D eigenvalue weighted by molar-refractivity contribution is -0.115. The summed E-state index contributed by atoms with van der Waals surface area (Å²) in [5, 5.41) is 6.01. The van der Waals surface area contributed by atoms with Crippen molar-refractivity contribution in [3.63, 3.8) is 0 Å². The van der Waals surface area contributed by atoms with Gasteiger partial charge in [0.1, 0.15) is 0 Å². The van der Waals surface area contributed by atoms with Gasteiger partial charge >= 0.3 is 0 Å². The minimum Gasteiger partial charge on any atom is -0.372 e. The number of amides is 1. The Morgan fingerprint density at radius 2 is 1.85 bits per heavy atom. The lowest BCUT2D eigenvalue weighted by Gasteiger charge is -2.28. The van der Waals surface area contributed by atoms with Gasteiger partial charge in [-0.3, -0.25) is 4.79 Å². The quantitative estimate of drug-likeness (QED) is 0.784. The van der Waals surface area contributed by atoms with E-state index in [0.717, 1.165) is 31.7 Å². The molecule has 1 amide bonds. The van der Waals surface area contributed by atoms with Crippen LogP contribution in [0.5, 0.6) is 0 Å². The molecule has 1 aliphatic rings. The van der Waals surface area contributed by atoms with Crippen LogP contribution in [0.4, 0.5) is 11.4 Å². The second-order valence-corrected chi connectivity index (χ2v) is 5.32. The Kier molecular flexibility index (Phi) is 5.87. The average Bonchev–Trinajstić information content (AvgIpc) is 2.49. The minimum atomic E-state index is 0.0178. The van der Waals surface area contributed by atoms with Crippen molar-refractivity contribution in [2.24, 2.45) is 0 Å². The Bertz CT molecular complexity index is 410. The summed E-state index contributed by atoms with van der Waals surface area (Å²) in [6, 6.07) is 8.17. The maximum absolute atomic E-state index is 11.7. The number of nitrogens with zero attached hydrogens (tertiary/aromatic N) is 1. The number of benzene rings is 1. The van der Waals surface area contributed by atoms with Crippen molar-refractivity contribution in [3.8, 4) is 0 Å². The first kappa shape index (κ1) is 14.9. The largest absolute Gasteiger partial charge is 0.372 e. The molecule has 0 atom stereocenters. The molecule has 0 spiro atoms. The summed E-state index contributed by atoms with van der Waals surface area (Å²) in [6.07, 6.45) is 4.94. The summed E-state index contributed by atoms with van der Waals surface area (Å²) in [4.78, 5) is 14.1. The first-order valence-electron chi connectivity index (χ1n) is 7.65. The molecule has 1 saturated heterocycles. The van der Waals surface area contributed by atoms with Crippen LogP contribution in [0.2, 0.25) is 0 Å². The summed E-state index contributed by atoms with van der Waals surface area (Å²) in [6.45, 7) is 5.63. The van der Waals surface area contributed by atoms with E-state index in [4.69, 9.17) is 0 Å². The topological polar surface area (TPSA) is 44.4 Å². The molecule has 0 unspecified atom stereocenters. The standard InChI is InChI=1S/C16H25N3O/c1-2-10-17-13-16(20)18-14-6-8-15(9-7-14)19-11-4-3-5-12-19/h6-9,17H,2-5,10-13H2,1H3,(H,18,20). The summed E-state index contributed by atoms with van der Waals surface area (Å²) in [7, 11) is 0. The second kappa shape index (κ2) is 7.90. The molecule has 1 heterocycles. The van der Waals surface area contributed by atoms with Crippen LogP contribution in [0.1, 0.15) is 32.6 Å². The molecule has 1 aromatic carbocycles. The third-order valence-corrected chi connectivity index (χ3v) is 3.58. The first-order valence-corrected chi connectivity index (χ1v) is 7.65. The number of hydrogen-bond acceptors (Lipinski definition) is 3. The Morgan fingerprint density at radius 3 is 2.50 bits per heavy atom. The molecule has 0 aromatic heterocycles. The second-order valence-electron chi connectivity index (χ2n) is 5.32. The fraction of sp³-hybridized carbons (Fsp3) is 0.562. The van der Waals surface area contributed by atoms with E-state index in [1.165, 1.54) is 24.9 Å². The number of carbonyl (C=O) groups is 1. The Labute approximate surface area is 121 Å². The third kappa shape index (κ3) is 4.53. The molecule has 4 heteroatoms. The van der Waals surface area contributed by atoms with Crippen molar-refractivity contribution in [2.45, 2.75) is 32.6 Å². The fourth-order valence-corrected chi connectivity index (χ4v) is 2.49. The molecule has 1 aromatic rings. The average molecular weight is 275 g/mol. The minimum absolute atomic E-state index is 0.0178. The number of anilines is 2. The number of nitrogens with one attached hydrogen (secondary N) is 2. The highest BCUT2D eigenvalue weighted by atomic mass is 16.1. The van der Waals surface area contributed by atoms with E-state index < -0.39 is 0 Å². The SMILES string of the molecule is CCCNCC(=O)Nc1ccc(N2CCCCC2)cc1. The van der Waals surface area contributed by atoms with E-state index in [-0.39, 0.29) is 5.91 Å². The first-order chi connectivity index (χ1) is 9.79. The lowest BCUT2D eigenvalue weighted by Crippen LogP contribution is -2.29. The summed E-state index contributed by atoms with van der Waals surface area (Å²) < 4.78 is 0. The number of piperidine rings is 1. The predicted molar refractivity (Wildman–Crippen MR) is 84.3 cm³/mol. The zero-order valence-corrected chi connectivity index (χ0v) is 12.3. The highest BCUT2D eigenvalue weighted by Crippen LogP contribution is 2.21. The summed E-state index contributed by atoms with van der Waals surface area (Å²) in [5.41, 5.74) is 2.13. The van der Waals surface area contributed by atoms with E-state index in [1.807, 2.05) is 12.1 Å². The van der Waals surface area contributed by atoms with Crippen LogP contribution >= 0.6 is 0 Å². The van der Waals surface area contributed by atoms with Crippen molar-refractivity contribution in [1.29, 1.82) is 0 Å². The van der Waals surface area contributed by atoms with Gasteiger partial charge in [-0.25, -0.2) is 0 Å². The van der Waals surface area contributed by atoms with E-state index >= 15 is 0 Å². The lowest BCUT2D eigenvalue weighted by atomic mass is 10.1. The normalized spacial score (nSPS) is 15.2. The van der Waals surface area contributed by atoms with Gasteiger partial charge in [0, 0.05) is 24.5 Å².